The van der Waals surface area contributed by atoms with Gasteiger partial charge in [-0.1, -0.05) is 12.1 Å². The summed E-state index contributed by atoms with van der Waals surface area (Å²) in [5.74, 6) is -2.16. The lowest BCUT2D eigenvalue weighted by atomic mass is 10.2. The number of aromatic hydroxyl groups is 1. The average molecular weight is 274 g/mol. The van der Waals surface area contributed by atoms with Crippen LogP contribution in [-0.4, -0.2) is 28.6 Å². The number of rotatable bonds is 3. The van der Waals surface area contributed by atoms with Crippen LogP contribution in [0.4, 0.5) is 18.9 Å². The minimum absolute atomic E-state index is 0.0729. The summed E-state index contributed by atoms with van der Waals surface area (Å²) < 4.78 is 36.9. The van der Waals surface area contributed by atoms with Gasteiger partial charge < -0.3 is 15.9 Å². The number of phenolic OH excluding ortho intramolecular Hbond substituents is 1. The molecule has 0 aliphatic heterocycles. The van der Waals surface area contributed by atoms with Crippen molar-refractivity contribution in [3.63, 3.8) is 0 Å². The van der Waals surface area contributed by atoms with Crippen molar-refractivity contribution in [2.24, 2.45) is 10.7 Å². The van der Waals surface area contributed by atoms with Crippen molar-refractivity contribution >= 4 is 17.9 Å². The summed E-state index contributed by atoms with van der Waals surface area (Å²) in [6, 6.07) is 5.51. The highest BCUT2D eigenvalue weighted by molar-refractivity contribution is 6.10. The van der Waals surface area contributed by atoms with Crippen molar-refractivity contribution in [3.8, 4) is 5.75 Å². The zero-order valence-corrected chi connectivity index (χ0v) is 9.35. The number of para-hydroxylation sites is 2. The van der Waals surface area contributed by atoms with Crippen LogP contribution >= 0.6 is 0 Å². The molecule has 102 valence electrons. The summed E-state index contributed by atoms with van der Waals surface area (Å²) in [5.41, 5.74) is 1.68. The first-order chi connectivity index (χ1) is 8.73. The zero-order valence-electron chi connectivity index (χ0n) is 9.35. The van der Waals surface area contributed by atoms with Gasteiger partial charge in [0.2, 0.25) is 0 Å². The molecule has 8 heteroatoms. The largest absolute Gasteiger partial charge is 0.506 e. The summed E-state index contributed by atoms with van der Waals surface area (Å²) in [4.78, 5) is 14.2. The highest BCUT2D eigenvalue weighted by Gasteiger charge is 2.35. The first kappa shape index (κ1) is 14.6. The maximum Gasteiger partial charge on any atom is 0.431 e. The summed E-state index contributed by atoms with van der Waals surface area (Å²) in [5, 5.41) is 18.0. The van der Waals surface area contributed by atoms with Crippen molar-refractivity contribution in [2.75, 3.05) is 0 Å². The van der Waals surface area contributed by atoms with E-state index in [1.807, 2.05) is 0 Å². The lowest BCUT2D eigenvalue weighted by molar-refractivity contribution is -0.133. The van der Waals surface area contributed by atoms with Crippen molar-refractivity contribution in [1.29, 1.82) is 0 Å². The highest BCUT2D eigenvalue weighted by atomic mass is 19.4. The van der Waals surface area contributed by atoms with Crippen molar-refractivity contribution in [3.05, 3.63) is 35.5 Å². The molecular formula is C11H9F3N2O3. The number of benzene rings is 1. The molecule has 0 amide bonds. The maximum atomic E-state index is 12.3. The number of hydrogen-bond acceptors (Lipinski definition) is 4. The number of carboxylic acid groups (broad SMARTS) is 1. The third-order valence-corrected chi connectivity index (χ3v) is 2.04. The predicted molar refractivity (Wildman–Crippen MR) is 61.2 cm³/mol. The lowest BCUT2D eigenvalue weighted by Crippen LogP contribution is -2.25. The molecule has 0 aromatic heterocycles. The fourth-order valence-electron chi connectivity index (χ4n) is 1.10. The minimum Gasteiger partial charge on any atom is -0.506 e. The Morgan fingerprint density at radius 1 is 1.32 bits per heavy atom. The Kier molecular flexibility index (Phi) is 4.15. The van der Waals surface area contributed by atoms with Crippen LogP contribution in [0.15, 0.2) is 40.5 Å². The van der Waals surface area contributed by atoms with E-state index in [-0.39, 0.29) is 11.4 Å². The van der Waals surface area contributed by atoms with E-state index in [0.29, 0.717) is 6.21 Å². The number of halogens is 3. The molecule has 1 rings (SSSR count). The lowest BCUT2D eigenvalue weighted by Gasteiger charge is -2.08. The Morgan fingerprint density at radius 2 is 1.89 bits per heavy atom. The van der Waals surface area contributed by atoms with Crippen molar-refractivity contribution in [1.82, 2.24) is 0 Å². The van der Waals surface area contributed by atoms with Gasteiger partial charge in [0.05, 0.1) is 0 Å². The third-order valence-electron chi connectivity index (χ3n) is 2.04. The molecule has 4 N–H and O–H groups in total. The number of hydrogen-bond donors (Lipinski definition) is 3. The second-order valence-corrected chi connectivity index (χ2v) is 3.38. The van der Waals surface area contributed by atoms with Gasteiger partial charge in [-0.2, -0.15) is 13.2 Å². The molecule has 0 saturated heterocycles. The Labute approximate surface area is 105 Å². The molecule has 0 bridgehead atoms. The van der Waals surface area contributed by atoms with E-state index >= 15 is 0 Å². The zero-order chi connectivity index (χ0) is 14.6. The number of allylic oxidation sites excluding steroid dienone is 1. The van der Waals surface area contributed by atoms with E-state index in [1.165, 1.54) is 24.3 Å². The summed E-state index contributed by atoms with van der Waals surface area (Å²) in [6.07, 6.45) is -4.53. The molecule has 0 saturated carbocycles. The summed E-state index contributed by atoms with van der Waals surface area (Å²) >= 11 is 0. The number of alkyl halides is 3. The number of carbonyl (C=O) groups is 1. The van der Waals surface area contributed by atoms with Gasteiger partial charge in [-0.3, -0.25) is 4.99 Å². The fraction of sp³-hybridized carbons (Fsp3) is 0.0909. The number of aliphatic carboxylic acids is 1. The highest BCUT2D eigenvalue weighted by Crippen LogP contribution is 2.26. The first-order valence-corrected chi connectivity index (χ1v) is 4.85. The smallest absolute Gasteiger partial charge is 0.431 e. The molecule has 0 aliphatic carbocycles. The number of carboxylic acids is 1. The van der Waals surface area contributed by atoms with Gasteiger partial charge in [0, 0.05) is 6.21 Å². The maximum absolute atomic E-state index is 12.3. The quantitative estimate of drug-likeness (QED) is 0.579. The van der Waals surface area contributed by atoms with E-state index in [0.717, 1.165) is 0 Å². The van der Waals surface area contributed by atoms with Gasteiger partial charge >= 0.3 is 12.1 Å². The van der Waals surface area contributed by atoms with Crippen LogP contribution in [0.3, 0.4) is 0 Å². The molecule has 0 unspecified atom stereocenters. The summed E-state index contributed by atoms with van der Waals surface area (Å²) in [6.45, 7) is 0. The summed E-state index contributed by atoms with van der Waals surface area (Å²) in [7, 11) is 0. The van der Waals surface area contributed by atoms with E-state index in [1.54, 1.807) is 0 Å². The topological polar surface area (TPSA) is 95.9 Å². The number of nitrogens with two attached hydrogens (primary N) is 1. The van der Waals surface area contributed by atoms with E-state index in [2.05, 4.69) is 4.99 Å². The third kappa shape index (κ3) is 3.73. The van der Waals surface area contributed by atoms with Gasteiger partial charge in [-0.15, -0.1) is 0 Å². The molecular weight excluding hydrogens is 265 g/mol. The SMILES string of the molecule is NC(=C(C=Nc1ccccc1O)C(=O)O)C(F)(F)F. The van der Waals surface area contributed by atoms with Gasteiger partial charge in [0.1, 0.15) is 22.7 Å². The van der Waals surface area contributed by atoms with Gasteiger partial charge in [0.25, 0.3) is 0 Å². The molecule has 1 aromatic rings. The van der Waals surface area contributed by atoms with Crippen LogP contribution in [0.5, 0.6) is 5.75 Å². The van der Waals surface area contributed by atoms with Crippen LogP contribution in [0, 0.1) is 0 Å². The van der Waals surface area contributed by atoms with Crippen LogP contribution in [0.1, 0.15) is 0 Å². The van der Waals surface area contributed by atoms with Crippen LogP contribution in [-0.2, 0) is 4.79 Å². The van der Waals surface area contributed by atoms with E-state index < -0.39 is 23.4 Å². The molecule has 5 nitrogen and oxygen atoms in total. The Morgan fingerprint density at radius 3 is 2.37 bits per heavy atom. The Balaban J connectivity index is 3.19. The van der Waals surface area contributed by atoms with Gasteiger partial charge in [0.15, 0.2) is 0 Å². The standard InChI is InChI=1S/C11H9F3N2O3/c12-11(13,14)9(15)6(10(18)19)5-16-7-3-1-2-4-8(7)17/h1-5,17H,15H2,(H,18,19). The molecule has 1 aromatic carbocycles. The first-order valence-electron chi connectivity index (χ1n) is 4.85. The average Bonchev–Trinajstić information content (AvgIpc) is 2.29. The number of phenols is 1. The number of aliphatic imine (C=N–C) groups is 1. The normalized spacial score (nSPS) is 13.4. The van der Waals surface area contributed by atoms with Crippen molar-refractivity contribution in [2.45, 2.75) is 6.18 Å². The molecule has 19 heavy (non-hydrogen) atoms. The van der Waals surface area contributed by atoms with Crippen LogP contribution in [0.2, 0.25) is 0 Å². The molecule has 0 atom stereocenters. The van der Waals surface area contributed by atoms with Gasteiger partial charge in [-0.25, -0.2) is 4.79 Å². The Hall–Kier alpha value is -2.51. The molecule has 0 fully saturated rings. The molecule has 0 aliphatic rings. The minimum atomic E-state index is -4.97. The van der Waals surface area contributed by atoms with E-state index in [4.69, 9.17) is 10.8 Å². The Bertz CT molecular complexity index is 550. The second kappa shape index (κ2) is 5.42. The monoisotopic (exact) mass is 274 g/mol. The molecule has 0 spiro atoms. The van der Waals surface area contributed by atoms with Crippen LogP contribution in [0.25, 0.3) is 0 Å². The van der Waals surface area contributed by atoms with Gasteiger partial charge in [-0.05, 0) is 12.1 Å². The van der Waals surface area contributed by atoms with Crippen molar-refractivity contribution < 1.29 is 28.2 Å². The molecule has 0 heterocycles. The second-order valence-electron chi connectivity index (χ2n) is 3.38. The van der Waals surface area contributed by atoms with Crippen LogP contribution < -0.4 is 5.73 Å². The number of nitrogens with zero attached hydrogens (tertiary/aromatic N) is 1. The fourth-order valence-corrected chi connectivity index (χ4v) is 1.10. The van der Waals surface area contributed by atoms with E-state index in [9.17, 15) is 23.1 Å². The predicted octanol–water partition coefficient (Wildman–Crippen LogP) is 1.95. The molecule has 0 radical (unpaired) electrons.